The van der Waals surface area contributed by atoms with Gasteiger partial charge in [0, 0.05) is 0 Å². The number of para-hydroxylation sites is 1. The minimum absolute atomic E-state index is 0.00502. The Morgan fingerprint density at radius 2 is 1.97 bits per heavy atom. The van der Waals surface area contributed by atoms with Gasteiger partial charge in [0.15, 0.2) is 5.82 Å². The second-order valence-electron chi connectivity index (χ2n) is 7.39. The normalized spacial score (nSPS) is 15.3. The maximum atomic E-state index is 14.5. The maximum Gasteiger partial charge on any atom is 0.309 e. The van der Waals surface area contributed by atoms with E-state index in [4.69, 9.17) is 9.88 Å². The van der Waals surface area contributed by atoms with Crippen molar-refractivity contribution < 1.29 is 22.3 Å². The highest BCUT2D eigenvalue weighted by molar-refractivity contribution is 7.91. The summed E-state index contributed by atoms with van der Waals surface area (Å²) >= 11 is 0.731. The molecule has 0 saturated heterocycles. The molecule has 1 fully saturated rings. The predicted octanol–water partition coefficient (Wildman–Crippen LogP) is 2.86. The van der Waals surface area contributed by atoms with E-state index < -0.39 is 21.4 Å². The molecule has 11 heteroatoms. The topological polar surface area (TPSA) is 121 Å². The second-order valence-corrected chi connectivity index (χ2v) is 10.2. The van der Waals surface area contributed by atoms with E-state index in [0.717, 1.165) is 54.1 Å². The minimum Gasteiger partial charge on any atom is -0.457 e. The Morgan fingerprint density at radius 3 is 2.65 bits per heavy atom. The van der Waals surface area contributed by atoms with Crippen molar-refractivity contribution in [2.24, 2.45) is 11.1 Å². The van der Waals surface area contributed by atoms with Gasteiger partial charge in [0.1, 0.15) is 21.5 Å². The lowest BCUT2D eigenvalue weighted by Crippen LogP contribution is -2.26. The number of carbonyl (C=O) groups excluding carboxylic acids is 1. The van der Waals surface area contributed by atoms with Crippen LogP contribution in [-0.4, -0.2) is 23.9 Å². The van der Waals surface area contributed by atoms with Crippen LogP contribution in [0.3, 0.4) is 0 Å². The molecule has 0 radical (unpaired) electrons. The number of fused-ring (bicyclic) bond motifs is 1. The predicted molar refractivity (Wildman–Crippen MR) is 113 cm³/mol. The summed E-state index contributed by atoms with van der Waals surface area (Å²) in [4.78, 5) is 30.1. The molecule has 1 aliphatic rings. The molecule has 1 aromatic carbocycles. The van der Waals surface area contributed by atoms with Crippen LogP contribution in [-0.2, 0) is 26.2 Å². The van der Waals surface area contributed by atoms with E-state index in [1.54, 1.807) is 6.07 Å². The number of nitrogens with two attached hydrogens (primary N) is 1. The van der Waals surface area contributed by atoms with Crippen LogP contribution < -0.4 is 10.7 Å². The highest BCUT2D eigenvalue weighted by atomic mass is 32.2. The molecule has 2 heterocycles. The Bertz CT molecular complexity index is 1310. The fourth-order valence-corrected chi connectivity index (χ4v) is 5.47. The standard InChI is InChI=1S/C20H20FN3O5S2/c21-14-8-4-5-9-15(14)24-16(11-29-20(26)12-6-2-1-3-7-12)23-18-13(19(24)25)10-17(30-18)31(22,27)28/h4-5,8-10,12H,1-3,6-7,11H2,(H2,22,27,28). The molecule has 8 nitrogen and oxygen atoms in total. The van der Waals surface area contributed by atoms with Crippen LogP contribution in [0.2, 0.25) is 0 Å². The number of hydrogen-bond acceptors (Lipinski definition) is 7. The molecule has 0 spiro atoms. The first-order valence-corrected chi connectivity index (χ1v) is 12.1. The molecule has 0 aliphatic heterocycles. The lowest BCUT2D eigenvalue weighted by molar-refractivity contribution is -0.151. The van der Waals surface area contributed by atoms with Crippen molar-refractivity contribution in [3.8, 4) is 5.69 Å². The molecular formula is C20H20FN3O5S2. The van der Waals surface area contributed by atoms with Crippen LogP contribution >= 0.6 is 11.3 Å². The van der Waals surface area contributed by atoms with Gasteiger partial charge in [-0.3, -0.25) is 14.2 Å². The van der Waals surface area contributed by atoms with E-state index >= 15 is 0 Å². The van der Waals surface area contributed by atoms with E-state index in [2.05, 4.69) is 4.98 Å². The van der Waals surface area contributed by atoms with Gasteiger partial charge in [-0.1, -0.05) is 31.4 Å². The molecule has 1 saturated carbocycles. The van der Waals surface area contributed by atoms with Gasteiger partial charge in [-0.15, -0.1) is 11.3 Å². The summed E-state index contributed by atoms with van der Waals surface area (Å²) in [7, 11) is -4.05. The number of thiophene rings is 1. The fraction of sp³-hybridized carbons (Fsp3) is 0.350. The van der Waals surface area contributed by atoms with Gasteiger partial charge in [-0.2, -0.15) is 0 Å². The summed E-state index contributed by atoms with van der Waals surface area (Å²) in [6.07, 6.45) is 4.48. The van der Waals surface area contributed by atoms with Gasteiger partial charge in [0.05, 0.1) is 17.0 Å². The van der Waals surface area contributed by atoms with E-state index in [1.807, 2.05) is 0 Å². The SMILES string of the molecule is NS(=O)(=O)c1cc2c(=O)n(-c3ccccc3F)c(COC(=O)C3CCCCC3)nc2s1. The van der Waals surface area contributed by atoms with Crippen LogP contribution in [0.15, 0.2) is 39.3 Å². The number of rotatable bonds is 5. The lowest BCUT2D eigenvalue weighted by Gasteiger charge is -2.20. The third-order valence-corrected chi connectivity index (χ3v) is 7.72. The Balaban J connectivity index is 1.80. The van der Waals surface area contributed by atoms with Gasteiger partial charge < -0.3 is 4.74 Å². The van der Waals surface area contributed by atoms with Crippen molar-refractivity contribution in [1.82, 2.24) is 9.55 Å². The number of hydrogen-bond donors (Lipinski definition) is 1. The zero-order chi connectivity index (χ0) is 22.2. The molecule has 1 aliphatic carbocycles. The zero-order valence-electron chi connectivity index (χ0n) is 16.4. The molecule has 31 heavy (non-hydrogen) atoms. The lowest BCUT2D eigenvalue weighted by atomic mass is 9.89. The monoisotopic (exact) mass is 465 g/mol. The van der Waals surface area contributed by atoms with Crippen LogP contribution in [0.25, 0.3) is 15.9 Å². The van der Waals surface area contributed by atoms with Crippen molar-refractivity contribution in [3.63, 3.8) is 0 Å². The quantitative estimate of drug-likeness (QED) is 0.579. The van der Waals surface area contributed by atoms with E-state index in [1.165, 1.54) is 18.2 Å². The first kappa shape index (κ1) is 21.6. The van der Waals surface area contributed by atoms with Gasteiger partial charge in [-0.05, 0) is 31.0 Å². The van der Waals surface area contributed by atoms with Gasteiger partial charge in [0.2, 0.25) is 10.0 Å². The van der Waals surface area contributed by atoms with Crippen LogP contribution in [0, 0.1) is 11.7 Å². The van der Waals surface area contributed by atoms with Crippen molar-refractivity contribution in [1.29, 1.82) is 0 Å². The van der Waals surface area contributed by atoms with Crippen molar-refractivity contribution in [2.45, 2.75) is 42.9 Å². The average molecular weight is 466 g/mol. The first-order valence-electron chi connectivity index (χ1n) is 9.75. The largest absolute Gasteiger partial charge is 0.457 e. The fourth-order valence-electron chi connectivity index (χ4n) is 3.71. The maximum absolute atomic E-state index is 14.5. The summed E-state index contributed by atoms with van der Waals surface area (Å²) in [5, 5.41) is 5.17. The van der Waals surface area contributed by atoms with Gasteiger partial charge >= 0.3 is 5.97 Å². The highest BCUT2D eigenvalue weighted by Gasteiger charge is 2.25. The average Bonchev–Trinajstić information content (AvgIpc) is 3.19. The summed E-state index contributed by atoms with van der Waals surface area (Å²) < 4.78 is 44.1. The number of primary sulfonamides is 1. The Kier molecular flexibility index (Phi) is 5.91. The number of benzene rings is 1. The summed E-state index contributed by atoms with van der Waals surface area (Å²) in [6.45, 7) is -0.350. The summed E-state index contributed by atoms with van der Waals surface area (Å²) in [6, 6.07) is 6.73. The third kappa shape index (κ3) is 4.39. The van der Waals surface area contributed by atoms with Crippen LogP contribution in [0.4, 0.5) is 4.39 Å². The van der Waals surface area contributed by atoms with Crippen molar-refractivity contribution in [2.75, 3.05) is 0 Å². The number of esters is 1. The molecule has 0 amide bonds. The first-order chi connectivity index (χ1) is 14.8. The summed E-state index contributed by atoms with van der Waals surface area (Å²) in [5.41, 5.74) is -0.751. The number of nitrogens with zero attached hydrogens (tertiary/aromatic N) is 2. The van der Waals surface area contributed by atoms with Crippen LogP contribution in [0.5, 0.6) is 0 Å². The van der Waals surface area contributed by atoms with Crippen molar-refractivity contribution >= 4 is 37.5 Å². The zero-order valence-corrected chi connectivity index (χ0v) is 18.0. The van der Waals surface area contributed by atoms with Gasteiger partial charge in [-0.25, -0.2) is 22.9 Å². The number of sulfonamides is 1. The van der Waals surface area contributed by atoms with Gasteiger partial charge in [0.25, 0.3) is 5.56 Å². The Labute approximate surface area is 181 Å². The van der Waals surface area contributed by atoms with Crippen LogP contribution in [0.1, 0.15) is 37.9 Å². The smallest absolute Gasteiger partial charge is 0.309 e. The molecular weight excluding hydrogens is 445 g/mol. The molecule has 4 rings (SSSR count). The van der Waals surface area contributed by atoms with Crippen molar-refractivity contribution in [3.05, 3.63) is 52.3 Å². The summed E-state index contributed by atoms with van der Waals surface area (Å²) in [5.74, 6) is -1.27. The van der Waals surface area contributed by atoms with E-state index in [-0.39, 0.29) is 44.4 Å². The third-order valence-electron chi connectivity index (χ3n) is 5.27. The Hall–Kier alpha value is -2.63. The van der Waals surface area contributed by atoms with E-state index in [9.17, 15) is 22.4 Å². The molecule has 0 atom stereocenters. The number of halogens is 1. The minimum atomic E-state index is -4.05. The molecule has 2 aromatic heterocycles. The Morgan fingerprint density at radius 1 is 1.26 bits per heavy atom. The molecule has 164 valence electrons. The molecule has 0 unspecified atom stereocenters. The number of carbonyl (C=O) groups is 1. The molecule has 2 N–H and O–H groups in total. The molecule has 0 bridgehead atoms. The highest BCUT2D eigenvalue weighted by Crippen LogP contribution is 2.27. The molecule has 3 aromatic rings. The number of ether oxygens (including phenoxy) is 1. The van der Waals surface area contributed by atoms with E-state index in [0.29, 0.717) is 0 Å². The second kappa shape index (κ2) is 8.48. The number of aromatic nitrogens is 2.